The van der Waals surface area contributed by atoms with E-state index in [0.717, 1.165) is 37.0 Å². The lowest BCUT2D eigenvalue weighted by Crippen LogP contribution is -2.36. The third kappa shape index (κ3) is 5.67. The summed E-state index contributed by atoms with van der Waals surface area (Å²) >= 11 is 0. The smallest absolute Gasteiger partial charge is 0.195 e. The molecule has 1 aromatic heterocycles. The number of methoxy groups -OCH3 is 2. The van der Waals surface area contributed by atoms with Gasteiger partial charge in [0.2, 0.25) is 0 Å². The van der Waals surface area contributed by atoms with Crippen LogP contribution in [0.15, 0.2) is 46.0 Å². The number of piperidine rings is 1. The average Bonchev–Trinajstić information content (AvgIpc) is 3.29. The number of hydrogen-bond acceptors (Lipinski definition) is 5. The minimum atomic E-state index is 0.145. The number of rotatable bonds is 8. The van der Waals surface area contributed by atoms with E-state index in [-0.39, 0.29) is 6.04 Å². The van der Waals surface area contributed by atoms with Gasteiger partial charge in [0, 0.05) is 18.3 Å². The summed E-state index contributed by atoms with van der Waals surface area (Å²) in [6.45, 7) is 5.62. The fraction of sp³-hybridized carbons (Fsp3) is 0.500. The number of likely N-dealkylation sites (tertiary alicyclic amines) is 1. The Morgan fingerprint density at radius 1 is 1.14 bits per heavy atom. The van der Waals surface area contributed by atoms with Crippen molar-refractivity contribution in [1.82, 2.24) is 10.2 Å². The van der Waals surface area contributed by atoms with Crippen molar-refractivity contribution in [3.05, 3.63) is 42.4 Å². The normalized spacial score (nSPS) is 16.3. The molecule has 2 aromatic rings. The van der Waals surface area contributed by atoms with E-state index in [1.807, 2.05) is 30.3 Å². The number of benzene rings is 1. The highest BCUT2D eigenvalue weighted by molar-refractivity contribution is 5.93. The minimum Gasteiger partial charge on any atom is -0.493 e. The highest BCUT2D eigenvalue weighted by Crippen LogP contribution is 2.30. The fourth-order valence-electron chi connectivity index (χ4n) is 3.63. The molecule has 158 valence electrons. The molecule has 1 saturated heterocycles. The van der Waals surface area contributed by atoms with Gasteiger partial charge >= 0.3 is 0 Å². The molecule has 7 heteroatoms. The Morgan fingerprint density at radius 3 is 2.59 bits per heavy atom. The van der Waals surface area contributed by atoms with Crippen LogP contribution in [-0.4, -0.2) is 51.3 Å². The van der Waals surface area contributed by atoms with E-state index < -0.39 is 0 Å². The van der Waals surface area contributed by atoms with E-state index in [1.165, 1.54) is 19.3 Å². The Bertz CT molecular complexity index is 770. The first-order valence-corrected chi connectivity index (χ1v) is 10.3. The maximum absolute atomic E-state index is 5.73. The van der Waals surface area contributed by atoms with Gasteiger partial charge in [-0.25, -0.2) is 0 Å². The van der Waals surface area contributed by atoms with Crippen molar-refractivity contribution >= 4 is 11.6 Å². The van der Waals surface area contributed by atoms with Gasteiger partial charge in [-0.2, -0.15) is 0 Å². The monoisotopic (exact) mass is 400 g/mol. The van der Waals surface area contributed by atoms with Gasteiger partial charge in [0.25, 0.3) is 0 Å². The van der Waals surface area contributed by atoms with Crippen molar-refractivity contribution in [3.8, 4) is 11.5 Å². The molecule has 0 saturated carbocycles. The number of aliphatic imine (C=N–C) groups is 1. The molecule has 1 unspecified atom stereocenters. The first-order valence-electron chi connectivity index (χ1n) is 10.3. The van der Waals surface area contributed by atoms with E-state index in [4.69, 9.17) is 18.9 Å². The first kappa shape index (κ1) is 21.0. The highest BCUT2D eigenvalue weighted by atomic mass is 16.5. The number of nitrogens with zero attached hydrogens (tertiary/aromatic N) is 2. The van der Waals surface area contributed by atoms with Gasteiger partial charge in [-0.1, -0.05) is 6.42 Å². The third-order valence-electron chi connectivity index (χ3n) is 5.12. The third-order valence-corrected chi connectivity index (χ3v) is 5.12. The lowest BCUT2D eigenvalue weighted by Gasteiger charge is -2.32. The molecule has 0 amide bonds. The Kier molecular flexibility index (Phi) is 7.81. The summed E-state index contributed by atoms with van der Waals surface area (Å²) in [7, 11) is 3.26. The number of nitrogens with one attached hydrogen (secondary N) is 2. The van der Waals surface area contributed by atoms with Crippen LogP contribution in [0, 0.1) is 0 Å². The molecule has 1 aliphatic heterocycles. The maximum atomic E-state index is 5.73. The summed E-state index contributed by atoms with van der Waals surface area (Å²) in [5, 5.41) is 6.68. The second-order valence-corrected chi connectivity index (χ2v) is 7.04. The molecular formula is C22H32N4O3. The molecule has 0 aliphatic carbocycles. The van der Waals surface area contributed by atoms with E-state index in [2.05, 4.69) is 22.5 Å². The van der Waals surface area contributed by atoms with Gasteiger partial charge in [-0.05, 0) is 57.1 Å². The predicted molar refractivity (Wildman–Crippen MR) is 116 cm³/mol. The lowest BCUT2D eigenvalue weighted by atomic mass is 10.1. The molecule has 0 radical (unpaired) electrons. The van der Waals surface area contributed by atoms with Crippen LogP contribution in [0.4, 0.5) is 5.69 Å². The summed E-state index contributed by atoms with van der Waals surface area (Å²) in [5.41, 5.74) is 0.884. The molecule has 29 heavy (non-hydrogen) atoms. The molecule has 2 N–H and O–H groups in total. The Balaban J connectivity index is 1.76. The molecule has 1 aromatic carbocycles. The molecule has 1 fully saturated rings. The Labute approximate surface area is 173 Å². The van der Waals surface area contributed by atoms with Crippen LogP contribution in [0.3, 0.4) is 0 Å². The zero-order valence-corrected chi connectivity index (χ0v) is 17.6. The summed E-state index contributed by atoms with van der Waals surface area (Å²) in [6, 6.07) is 9.87. The first-order chi connectivity index (χ1) is 14.2. The zero-order chi connectivity index (χ0) is 20.5. The van der Waals surface area contributed by atoms with E-state index in [1.54, 1.807) is 20.5 Å². The number of hydrogen-bond donors (Lipinski definition) is 2. The number of furan rings is 1. The summed E-state index contributed by atoms with van der Waals surface area (Å²) < 4.78 is 16.5. The molecule has 2 heterocycles. The van der Waals surface area contributed by atoms with Crippen LogP contribution >= 0.6 is 0 Å². The number of anilines is 1. The van der Waals surface area contributed by atoms with Crippen molar-refractivity contribution in [2.45, 2.75) is 32.2 Å². The molecule has 1 atom stereocenters. The van der Waals surface area contributed by atoms with Crippen LogP contribution in [0.5, 0.6) is 11.5 Å². The van der Waals surface area contributed by atoms with Gasteiger partial charge in [-0.3, -0.25) is 9.89 Å². The van der Waals surface area contributed by atoms with Crippen LogP contribution in [-0.2, 0) is 0 Å². The second kappa shape index (κ2) is 10.8. The molecule has 3 rings (SSSR count). The average molecular weight is 401 g/mol. The standard InChI is InChI=1S/C22H32N4O3/c1-4-23-22(25-17-10-11-20(27-2)21(15-17)28-3)24-16-18(19-9-8-14-29-19)26-12-6-5-7-13-26/h8-11,14-15,18H,4-7,12-13,16H2,1-3H3,(H2,23,24,25). The van der Waals surface area contributed by atoms with Gasteiger partial charge in [0.05, 0.1) is 33.1 Å². The van der Waals surface area contributed by atoms with Crippen molar-refractivity contribution in [2.24, 2.45) is 4.99 Å². The lowest BCUT2D eigenvalue weighted by molar-refractivity contribution is 0.150. The topological polar surface area (TPSA) is 71.3 Å². The zero-order valence-electron chi connectivity index (χ0n) is 17.6. The maximum Gasteiger partial charge on any atom is 0.195 e. The molecule has 1 aliphatic rings. The summed E-state index contributed by atoms with van der Waals surface area (Å²) in [5.74, 6) is 3.07. The quantitative estimate of drug-likeness (QED) is 0.517. The van der Waals surface area contributed by atoms with Gasteiger partial charge in [0.1, 0.15) is 5.76 Å². The Morgan fingerprint density at radius 2 is 1.93 bits per heavy atom. The molecule has 7 nitrogen and oxygen atoms in total. The molecular weight excluding hydrogens is 368 g/mol. The fourth-order valence-corrected chi connectivity index (χ4v) is 3.63. The molecule has 0 spiro atoms. The van der Waals surface area contributed by atoms with Crippen LogP contribution in [0.2, 0.25) is 0 Å². The van der Waals surface area contributed by atoms with Gasteiger partial charge < -0.3 is 24.5 Å². The predicted octanol–water partition coefficient (Wildman–Crippen LogP) is 3.90. The van der Waals surface area contributed by atoms with Crippen molar-refractivity contribution in [1.29, 1.82) is 0 Å². The largest absolute Gasteiger partial charge is 0.493 e. The van der Waals surface area contributed by atoms with E-state index >= 15 is 0 Å². The SMILES string of the molecule is CCNC(=NCC(c1ccco1)N1CCCCC1)Nc1ccc(OC)c(OC)c1. The van der Waals surface area contributed by atoms with Crippen molar-refractivity contribution in [3.63, 3.8) is 0 Å². The van der Waals surface area contributed by atoms with E-state index in [9.17, 15) is 0 Å². The van der Waals surface area contributed by atoms with Crippen LogP contribution in [0.25, 0.3) is 0 Å². The summed E-state index contributed by atoms with van der Waals surface area (Å²) in [4.78, 5) is 7.34. The summed E-state index contributed by atoms with van der Waals surface area (Å²) in [6.07, 6.45) is 5.49. The van der Waals surface area contributed by atoms with Crippen molar-refractivity contribution < 1.29 is 13.9 Å². The van der Waals surface area contributed by atoms with Crippen LogP contribution in [0.1, 0.15) is 38.0 Å². The van der Waals surface area contributed by atoms with Gasteiger partial charge in [0.15, 0.2) is 17.5 Å². The second-order valence-electron chi connectivity index (χ2n) is 7.04. The molecule has 0 bridgehead atoms. The minimum absolute atomic E-state index is 0.145. The number of ether oxygens (including phenoxy) is 2. The number of guanidine groups is 1. The highest BCUT2D eigenvalue weighted by Gasteiger charge is 2.24. The van der Waals surface area contributed by atoms with Crippen LogP contribution < -0.4 is 20.1 Å². The van der Waals surface area contributed by atoms with Crippen molar-refractivity contribution in [2.75, 3.05) is 45.7 Å². The van der Waals surface area contributed by atoms with Gasteiger partial charge in [-0.15, -0.1) is 0 Å². The van der Waals surface area contributed by atoms with E-state index in [0.29, 0.717) is 18.0 Å². The Hall–Kier alpha value is -2.67.